The first kappa shape index (κ1) is 41.0. The van der Waals surface area contributed by atoms with Gasteiger partial charge in [-0.2, -0.15) is 0 Å². The van der Waals surface area contributed by atoms with Crippen molar-refractivity contribution in [3.63, 3.8) is 0 Å². The van der Waals surface area contributed by atoms with Crippen LogP contribution in [-0.4, -0.2) is 140 Å². The predicted octanol–water partition coefficient (Wildman–Crippen LogP) is 1.78. The maximum absolute atomic E-state index is 12.1. The minimum absolute atomic E-state index is 0.0414. The lowest BCUT2D eigenvalue weighted by Gasteiger charge is -2.73. The maximum atomic E-state index is 12.1. The number of allylic oxidation sites excluding steroid dienone is 1. The predicted molar refractivity (Wildman–Crippen MR) is 197 cm³/mol. The number of rotatable bonds is 6. The van der Waals surface area contributed by atoms with E-state index in [0.29, 0.717) is 19.4 Å². The zero-order valence-electron chi connectivity index (χ0n) is 33.7. The van der Waals surface area contributed by atoms with Gasteiger partial charge < -0.3 is 64.5 Å². The largest absolute Gasteiger partial charge is 0.396 e. The molecule has 2 bridgehead atoms. The van der Waals surface area contributed by atoms with Crippen LogP contribution in [0.2, 0.25) is 0 Å². The van der Waals surface area contributed by atoms with Gasteiger partial charge in [-0.25, -0.2) is 0 Å². The summed E-state index contributed by atoms with van der Waals surface area (Å²) in [6.07, 6.45) is -3.39. The highest BCUT2D eigenvalue weighted by atomic mass is 16.7. The Morgan fingerprint density at radius 2 is 1.44 bits per heavy atom. The van der Waals surface area contributed by atoms with Crippen LogP contribution in [0.4, 0.5) is 0 Å². The van der Waals surface area contributed by atoms with E-state index in [1.54, 1.807) is 6.92 Å². The van der Waals surface area contributed by atoms with Crippen molar-refractivity contribution in [2.24, 2.45) is 50.2 Å². The van der Waals surface area contributed by atoms with E-state index in [2.05, 4.69) is 53.7 Å². The first-order chi connectivity index (χ1) is 25.7. The summed E-state index contributed by atoms with van der Waals surface area (Å²) in [5.41, 5.74) is -1.90. The van der Waals surface area contributed by atoms with Crippen molar-refractivity contribution in [1.29, 1.82) is 0 Å². The van der Waals surface area contributed by atoms with Crippen LogP contribution in [0.15, 0.2) is 12.2 Å². The van der Waals surface area contributed by atoms with E-state index in [1.165, 1.54) is 0 Å². The molecule has 5 aliphatic carbocycles. The molecule has 8 rings (SSSR count). The van der Waals surface area contributed by atoms with Gasteiger partial charge in [0.25, 0.3) is 0 Å². The molecule has 0 amide bonds. The quantitative estimate of drug-likeness (QED) is 0.143. The molecule has 3 heterocycles. The molecule has 0 radical (unpaired) electrons. The van der Waals surface area contributed by atoms with Crippen molar-refractivity contribution in [3.05, 3.63) is 12.2 Å². The fourth-order valence-electron chi connectivity index (χ4n) is 14.3. The maximum Gasteiger partial charge on any atom is 0.187 e. The lowest BCUT2D eigenvalue weighted by Crippen LogP contribution is -2.72. The third-order valence-corrected chi connectivity index (χ3v) is 17.9. The third-order valence-electron chi connectivity index (χ3n) is 17.9. The third kappa shape index (κ3) is 5.44. The van der Waals surface area contributed by atoms with Gasteiger partial charge >= 0.3 is 0 Å². The average Bonchev–Trinajstić information content (AvgIpc) is 3.41. The molecule has 13 heteroatoms. The van der Waals surface area contributed by atoms with Crippen molar-refractivity contribution in [2.75, 3.05) is 19.8 Å². The fraction of sp³-hybridized carbons (Fsp3) is 0.952. The van der Waals surface area contributed by atoms with E-state index in [-0.39, 0.29) is 51.4 Å². The highest BCUT2D eigenvalue weighted by Gasteiger charge is 2.79. The Morgan fingerprint density at radius 3 is 2.13 bits per heavy atom. The Hall–Kier alpha value is -0.780. The van der Waals surface area contributed by atoms with E-state index in [4.69, 9.17) is 23.7 Å². The second-order valence-corrected chi connectivity index (χ2v) is 21.0. The number of fused-ring (bicyclic) bond motifs is 4. The van der Waals surface area contributed by atoms with E-state index in [1.807, 2.05) is 0 Å². The molecule has 7 fully saturated rings. The average molecular weight is 781 g/mol. The molecule has 4 saturated carbocycles. The monoisotopic (exact) mass is 780 g/mol. The SMILES string of the molecule is C[C@H]1O[C@@H](O[C@H]2CC[C@@]3(C)[C@@H](CC[C@]4(C)[C@@H]3C=C[C@]35OC[C@@]6(CCC(C)(C)C[C@H]63)[C@H](O)C[C@]54C)[C@]2(C)CO)[C@H](O)[C@@H](O[C@@H]2O[C@H](CO)[C@@H](O)[C@H](O)[C@H]2O)[C@@H]1O. The van der Waals surface area contributed by atoms with Gasteiger partial charge in [0.05, 0.1) is 43.7 Å². The molecular formula is C42H68O13. The molecule has 13 nitrogen and oxygen atoms in total. The zero-order valence-corrected chi connectivity index (χ0v) is 33.7. The molecule has 0 unspecified atom stereocenters. The van der Waals surface area contributed by atoms with Crippen LogP contribution in [0.25, 0.3) is 0 Å². The summed E-state index contributed by atoms with van der Waals surface area (Å²) in [6.45, 7) is 15.4. The Balaban J connectivity index is 1.05. The Labute approximate surface area is 325 Å². The molecule has 0 aromatic carbocycles. The molecule has 314 valence electrons. The van der Waals surface area contributed by atoms with Crippen LogP contribution in [0.3, 0.4) is 0 Å². The van der Waals surface area contributed by atoms with Gasteiger partial charge in [0.1, 0.15) is 42.7 Å². The molecule has 8 aliphatic rings. The Morgan fingerprint density at radius 1 is 0.727 bits per heavy atom. The van der Waals surface area contributed by atoms with Gasteiger partial charge in [-0.15, -0.1) is 0 Å². The van der Waals surface area contributed by atoms with Crippen molar-refractivity contribution in [3.8, 4) is 0 Å². The highest BCUT2D eigenvalue weighted by molar-refractivity contribution is 5.36. The van der Waals surface area contributed by atoms with E-state index < -0.39 is 91.2 Å². The Kier molecular flexibility index (Phi) is 9.95. The van der Waals surface area contributed by atoms with Crippen LogP contribution < -0.4 is 0 Å². The summed E-state index contributed by atoms with van der Waals surface area (Å²) in [6, 6.07) is 0. The summed E-state index contributed by atoms with van der Waals surface area (Å²) in [4.78, 5) is 0. The lowest BCUT2D eigenvalue weighted by atomic mass is 9.32. The molecular weight excluding hydrogens is 712 g/mol. The topological polar surface area (TPSA) is 208 Å². The molecule has 8 N–H and O–H groups in total. The van der Waals surface area contributed by atoms with Crippen LogP contribution in [0.5, 0.6) is 0 Å². The van der Waals surface area contributed by atoms with Crippen molar-refractivity contribution in [1.82, 2.24) is 0 Å². The smallest absolute Gasteiger partial charge is 0.187 e. The van der Waals surface area contributed by atoms with Gasteiger partial charge in [0, 0.05) is 22.2 Å². The van der Waals surface area contributed by atoms with E-state index >= 15 is 0 Å². The molecule has 55 heavy (non-hydrogen) atoms. The highest BCUT2D eigenvalue weighted by Crippen LogP contribution is 2.79. The summed E-state index contributed by atoms with van der Waals surface area (Å²) < 4.78 is 31.2. The van der Waals surface area contributed by atoms with E-state index in [0.717, 1.165) is 38.5 Å². The number of hydrogen-bond acceptors (Lipinski definition) is 13. The van der Waals surface area contributed by atoms with Gasteiger partial charge in [-0.05, 0) is 86.4 Å². The van der Waals surface area contributed by atoms with Crippen molar-refractivity contribution >= 4 is 0 Å². The molecule has 3 aliphatic heterocycles. The molecule has 0 aromatic rings. The van der Waals surface area contributed by atoms with Crippen LogP contribution >= 0.6 is 0 Å². The van der Waals surface area contributed by atoms with Crippen molar-refractivity contribution < 1.29 is 64.5 Å². The summed E-state index contributed by atoms with van der Waals surface area (Å²) in [5, 5.41) is 87.0. The minimum Gasteiger partial charge on any atom is -0.396 e. The van der Waals surface area contributed by atoms with Gasteiger partial charge in [0.15, 0.2) is 12.6 Å². The Bertz CT molecular complexity index is 1490. The minimum atomic E-state index is -1.72. The summed E-state index contributed by atoms with van der Waals surface area (Å²) in [7, 11) is 0. The van der Waals surface area contributed by atoms with Crippen LogP contribution in [0, 0.1) is 50.2 Å². The first-order valence-electron chi connectivity index (χ1n) is 20.9. The normalized spacial score (nSPS) is 59.7. The first-order valence-corrected chi connectivity index (χ1v) is 20.9. The standard InChI is InChI=1S/C42H68O13/c1-21-28(46)33(55-34-31(49)30(48)29(47)22(18-43)53-34)32(50)35(52-21)54-27-10-11-37(4)23(38(27,5)19-44)8-12-39(6)24(37)9-13-42-25-16-36(2,3)14-15-41(25,20-51-42)26(45)17-40(39,42)7/h9,13,21-35,43-50H,8,10-12,14-20H2,1-7H3/t21-,22-,23-,24-,25-,26-,27+,28-,29-,30+,31-,32-,33+,34+,35+,37+,38+,39-,40+,41-,42+/m1/s1. The second kappa shape index (κ2) is 13.4. The molecule has 3 saturated heterocycles. The number of aliphatic hydroxyl groups excluding tert-OH is 8. The number of ether oxygens (including phenoxy) is 5. The van der Waals surface area contributed by atoms with Gasteiger partial charge in [-0.3, -0.25) is 0 Å². The summed E-state index contributed by atoms with van der Waals surface area (Å²) in [5.74, 6) is 0.449. The molecule has 21 atom stereocenters. The fourth-order valence-corrected chi connectivity index (χ4v) is 14.3. The van der Waals surface area contributed by atoms with Gasteiger partial charge in [0.2, 0.25) is 0 Å². The molecule has 1 spiro atoms. The number of aliphatic hydroxyl groups is 8. The molecule has 0 aromatic heterocycles. The second-order valence-electron chi connectivity index (χ2n) is 21.0. The van der Waals surface area contributed by atoms with Crippen LogP contribution in [-0.2, 0) is 23.7 Å². The van der Waals surface area contributed by atoms with Crippen LogP contribution in [0.1, 0.15) is 99.8 Å². The zero-order chi connectivity index (χ0) is 39.9. The van der Waals surface area contributed by atoms with E-state index in [9.17, 15) is 40.9 Å². The van der Waals surface area contributed by atoms with Crippen molar-refractivity contribution in [2.45, 2.75) is 179 Å². The number of hydrogen-bond donors (Lipinski definition) is 8. The van der Waals surface area contributed by atoms with Gasteiger partial charge in [-0.1, -0.05) is 53.7 Å². The summed E-state index contributed by atoms with van der Waals surface area (Å²) >= 11 is 0. The lowest BCUT2D eigenvalue weighted by molar-refractivity contribution is -0.367.